The molecule has 1 aliphatic rings. The zero-order valence-electron chi connectivity index (χ0n) is 10.4. The van der Waals surface area contributed by atoms with Gasteiger partial charge in [0.05, 0.1) is 11.8 Å². The van der Waals surface area contributed by atoms with Gasteiger partial charge in [-0.25, -0.2) is 4.98 Å². The average molecular weight is 279 g/mol. The highest BCUT2D eigenvalue weighted by atomic mass is 35.5. The van der Waals surface area contributed by atoms with Gasteiger partial charge in [-0.05, 0) is 24.6 Å². The molecule has 5 heteroatoms. The van der Waals surface area contributed by atoms with Gasteiger partial charge in [-0.2, -0.15) is 0 Å². The number of hydrogen-bond acceptors (Lipinski definition) is 4. The van der Waals surface area contributed by atoms with E-state index in [0.717, 1.165) is 24.2 Å². The van der Waals surface area contributed by atoms with E-state index in [-0.39, 0.29) is 6.10 Å². The van der Waals surface area contributed by atoms with Crippen molar-refractivity contribution in [3.63, 3.8) is 0 Å². The molecule has 4 nitrogen and oxygen atoms in total. The van der Waals surface area contributed by atoms with Gasteiger partial charge in [-0.1, -0.05) is 17.7 Å². The number of aliphatic hydroxyl groups is 1. The lowest BCUT2D eigenvalue weighted by Crippen LogP contribution is -2.21. The topological polar surface area (TPSA) is 49.5 Å². The van der Waals surface area contributed by atoms with Gasteiger partial charge in [-0.3, -0.25) is 4.90 Å². The van der Waals surface area contributed by atoms with E-state index in [9.17, 15) is 5.11 Å². The first-order valence-electron chi connectivity index (χ1n) is 6.31. The van der Waals surface area contributed by atoms with Gasteiger partial charge < -0.3 is 9.52 Å². The summed E-state index contributed by atoms with van der Waals surface area (Å²) in [6.07, 6.45) is 2.29. The van der Waals surface area contributed by atoms with Crippen molar-refractivity contribution >= 4 is 11.6 Å². The molecule has 100 valence electrons. The summed E-state index contributed by atoms with van der Waals surface area (Å²) < 4.78 is 5.48. The molecule has 0 radical (unpaired) electrons. The average Bonchev–Trinajstić information content (AvgIpc) is 2.99. The molecule has 0 aliphatic carbocycles. The Morgan fingerprint density at radius 3 is 3.11 bits per heavy atom. The Morgan fingerprint density at radius 2 is 2.37 bits per heavy atom. The second kappa shape index (κ2) is 5.33. The van der Waals surface area contributed by atoms with E-state index >= 15 is 0 Å². The number of aliphatic hydroxyl groups excluding tert-OH is 1. The molecule has 2 heterocycles. The standard InChI is InChI=1S/C14H15ClN2O2/c15-11-3-1-2-10(6-11)14-16-12(9-19-14)7-17-5-4-13(18)8-17/h1-3,6,9,13,18H,4-5,7-8H2. The third kappa shape index (κ3) is 2.97. The maximum Gasteiger partial charge on any atom is 0.226 e. The molecule has 1 aromatic carbocycles. The van der Waals surface area contributed by atoms with Crippen LogP contribution >= 0.6 is 11.6 Å². The molecular weight excluding hydrogens is 264 g/mol. The van der Waals surface area contributed by atoms with Crippen molar-refractivity contribution in [1.82, 2.24) is 9.88 Å². The highest BCUT2D eigenvalue weighted by molar-refractivity contribution is 6.30. The molecule has 1 saturated heterocycles. The van der Waals surface area contributed by atoms with Crippen LogP contribution in [-0.2, 0) is 6.54 Å². The normalized spacial score (nSPS) is 20.0. The van der Waals surface area contributed by atoms with E-state index in [1.165, 1.54) is 0 Å². The monoisotopic (exact) mass is 278 g/mol. The second-order valence-corrected chi connectivity index (χ2v) is 5.27. The number of nitrogens with zero attached hydrogens (tertiary/aromatic N) is 2. The molecule has 0 bridgehead atoms. The van der Waals surface area contributed by atoms with Crippen molar-refractivity contribution in [2.24, 2.45) is 0 Å². The number of benzene rings is 1. The molecule has 0 amide bonds. The van der Waals surface area contributed by atoms with E-state index in [1.807, 2.05) is 24.3 Å². The Balaban J connectivity index is 1.73. The minimum absolute atomic E-state index is 0.209. The number of aromatic nitrogens is 1. The molecule has 19 heavy (non-hydrogen) atoms. The van der Waals surface area contributed by atoms with Gasteiger partial charge in [0.2, 0.25) is 5.89 Å². The molecule has 1 fully saturated rings. The minimum atomic E-state index is -0.209. The van der Waals surface area contributed by atoms with Crippen LogP contribution in [0.3, 0.4) is 0 Å². The highest BCUT2D eigenvalue weighted by Gasteiger charge is 2.21. The number of rotatable bonds is 3. The van der Waals surface area contributed by atoms with Crippen molar-refractivity contribution < 1.29 is 9.52 Å². The lowest BCUT2D eigenvalue weighted by molar-refractivity contribution is 0.174. The van der Waals surface area contributed by atoms with E-state index in [0.29, 0.717) is 24.0 Å². The largest absolute Gasteiger partial charge is 0.444 e. The molecule has 0 spiro atoms. The maximum absolute atomic E-state index is 9.49. The summed E-state index contributed by atoms with van der Waals surface area (Å²) in [5.74, 6) is 0.581. The molecule has 1 aliphatic heterocycles. The van der Waals surface area contributed by atoms with Crippen LogP contribution in [0.4, 0.5) is 0 Å². The summed E-state index contributed by atoms with van der Waals surface area (Å²) in [5.41, 5.74) is 1.75. The molecule has 0 saturated carbocycles. The first-order chi connectivity index (χ1) is 9.20. The van der Waals surface area contributed by atoms with Gasteiger partial charge in [0, 0.05) is 30.2 Å². The predicted molar refractivity (Wildman–Crippen MR) is 72.8 cm³/mol. The SMILES string of the molecule is OC1CCN(Cc2coc(-c3cccc(Cl)c3)n2)C1. The van der Waals surface area contributed by atoms with Crippen LogP contribution in [0.2, 0.25) is 5.02 Å². The van der Waals surface area contributed by atoms with Crippen molar-refractivity contribution in [3.05, 3.63) is 41.2 Å². The fraction of sp³-hybridized carbons (Fsp3) is 0.357. The Hall–Kier alpha value is -1.36. The summed E-state index contributed by atoms with van der Waals surface area (Å²) >= 11 is 5.95. The maximum atomic E-state index is 9.49. The lowest BCUT2D eigenvalue weighted by atomic mass is 10.2. The summed E-state index contributed by atoms with van der Waals surface area (Å²) in [6.45, 7) is 2.32. The zero-order valence-corrected chi connectivity index (χ0v) is 11.2. The summed E-state index contributed by atoms with van der Waals surface area (Å²) in [7, 11) is 0. The van der Waals surface area contributed by atoms with Crippen LogP contribution in [0.25, 0.3) is 11.5 Å². The number of oxazole rings is 1. The van der Waals surface area contributed by atoms with Crippen LogP contribution < -0.4 is 0 Å². The molecule has 3 rings (SSSR count). The second-order valence-electron chi connectivity index (χ2n) is 4.83. The number of hydrogen-bond donors (Lipinski definition) is 1. The molecule has 1 unspecified atom stereocenters. The zero-order chi connectivity index (χ0) is 13.2. The number of β-amino-alcohol motifs (C(OH)–C–C–N with tert-alkyl or cyclic N) is 1. The highest BCUT2D eigenvalue weighted by Crippen LogP contribution is 2.23. The van der Waals surface area contributed by atoms with Crippen LogP contribution in [0, 0.1) is 0 Å². The fourth-order valence-corrected chi connectivity index (χ4v) is 2.51. The Bertz CT molecular complexity index is 570. The van der Waals surface area contributed by atoms with Gasteiger partial charge in [-0.15, -0.1) is 0 Å². The van der Waals surface area contributed by atoms with Gasteiger partial charge in [0.25, 0.3) is 0 Å². The molecular formula is C14H15ClN2O2. The third-order valence-electron chi connectivity index (χ3n) is 3.26. The van der Waals surface area contributed by atoms with Crippen LogP contribution in [0.5, 0.6) is 0 Å². The third-order valence-corrected chi connectivity index (χ3v) is 3.49. The summed E-state index contributed by atoms with van der Waals surface area (Å²) in [4.78, 5) is 6.63. The predicted octanol–water partition coefficient (Wildman–Crippen LogP) is 2.56. The van der Waals surface area contributed by atoms with E-state index in [4.69, 9.17) is 16.0 Å². The fourth-order valence-electron chi connectivity index (χ4n) is 2.32. The molecule has 1 aromatic heterocycles. The van der Waals surface area contributed by atoms with Crippen LogP contribution in [0.15, 0.2) is 34.9 Å². The quantitative estimate of drug-likeness (QED) is 0.937. The Labute approximate surface area is 116 Å². The number of halogens is 1. The molecule has 1 atom stereocenters. The lowest BCUT2D eigenvalue weighted by Gasteiger charge is -2.11. The van der Waals surface area contributed by atoms with Crippen molar-refractivity contribution in [3.8, 4) is 11.5 Å². The van der Waals surface area contributed by atoms with E-state index in [2.05, 4.69) is 9.88 Å². The van der Waals surface area contributed by atoms with Gasteiger partial charge in [0.1, 0.15) is 6.26 Å². The molecule has 2 aromatic rings. The van der Waals surface area contributed by atoms with Crippen LogP contribution in [-0.4, -0.2) is 34.2 Å². The minimum Gasteiger partial charge on any atom is -0.444 e. The first kappa shape index (κ1) is 12.7. The van der Waals surface area contributed by atoms with Gasteiger partial charge in [0.15, 0.2) is 0 Å². The van der Waals surface area contributed by atoms with E-state index in [1.54, 1.807) is 6.26 Å². The molecule has 1 N–H and O–H groups in total. The van der Waals surface area contributed by atoms with Crippen molar-refractivity contribution in [1.29, 1.82) is 0 Å². The Kier molecular flexibility index (Phi) is 3.55. The van der Waals surface area contributed by atoms with Crippen molar-refractivity contribution in [2.45, 2.75) is 19.1 Å². The summed E-state index contributed by atoms with van der Waals surface area (Å²) in [5, 5.41) is 10.2. The smallest absolute Gasteiger partial charge is 0.226 e. The van der Waals surface area contributed by atoms with Crippen molar-refractivity contribution in [2.75, 3.05) is 13.1 Å². The van der Waals surface area contributed by atoms with Crippen LogP contribution in [0.1, 0.15) is 12.1 Å². The summed E-state index contributed by atoms with van der Waals surface area (Å²) in [6, 6.07) is 7.44. The Morgan fingerprint density at radius 1 is 1.47 bits per heavy atom. The van der Waals surface area contributed by atoms with Gasteiger partial charge >= 0.3 is 0 Å². The first-order valence-corrected chi connectivity index (χ1v) is 6.69. The number of likely N-dealkylation sites (tertiary alicyclic amines) is 1. The van der Waals surface area contributed by atoms with E-state index < -0.39 is 0 Å².